The molecule has 1 aromatic rings. The van der Waals surface area contributed by atoms with Gasteiger partial charge in [0.05, 0.1) is 4.88 Å². The van der Waals surface area contributed by atoms with Crippen molar-refractivity contribution >= 4 is 17.2 Å². The fourth-order valence-electron chi connectivity index (χ4n) is 2.07. The van der Waals surface area contributed by atoms with E-state index in [2.05, 4.69) is 12.2 Å². The molecule has 1 aliphatic carbocycles. The molecule has 1 heterocycles. The van der Waals surface area contributed by atoms with Crippen LogP contribution in [-0.4, -0.2) is 11.9 Å². The van der Waals surface area contributed by atoms with Gasteiger partial charge in [-0.2, -0.15) is 0 Å². The number of carbonyl (C=O) groups is 1. The molecule has 0 aromatic carbocycles. The fourth-order valence-corrected chi connectivity index (χ4v) is 2.70. The molecule has 1 aliphatic rings. The Hall–Kier alpha value is -0.830. The topological polar surface area (TPSA) is 29.1 Å². The quantitative estimate of drug-likeness (QED) is 0.820. The van der Waals surface area contributed by atoms with Crippen LogP contribution >= 0.6 is 11.3 Å². The third kappa shape index (κ3) is 2.81. The minimum absolute atomic E-state index is 0.101. The predicted molar refractivity (Wildman–Crippen MR) is 63.2 cm³/mol. The number of amides is 1. The summed E-state index contributed by atoms with van der Waals surface area (Å²) in [6.45, 7) is 2.29. The van der Waals surface area contributed by atoms with Gasteiger partial charge >= 0.3 is 0 Å². The molecule has 82 valence electrons. The van der Waals surface area contributed by atoms with Gasteiger partial charge in [0, 0.05) is 6.04 Å². The maximum atomic E-state index is 11.8. The third-order valence-corrected chi connectivity index (χ3v) is 3.96. The summed E-state index contributed by atoms with van der Waals surface area (Å²) in [6, 6.07) is 4.20. The van der Waals surface area contributed by atoms with E-state index in [1.54, 1.807) is 0 Å². The lowest BCUT2D eigenvalue weighted by Gasteiger charge is -2.26. The average Bonchev–Trinajstić information content (AvgIpc) is 2.74. The summed E-state index contributed by atoms with van der Waals surface area (Å²) in [5, 5.41) is 5.06. The Morgan fingerprint density at radius 1 is 1.40 bits per heavy atom. The van der Waals surface area contributed by atoms with Gasteiger partial charge in [-0.25, -0.2) is 0 Å². The van der Waals surface area contributed by atoms with Crippen LogP contribution in [0.3, 0.4) is 0 Å². The molecule has 0 bridgehead atoms. The van der Waals surface area contributed by atoms with Crippen molar-refractivity contribution in [1.82, 2.24) is 5.32 Å². The van der Waals surface area contributed by atoms with E-state index >= 15 is 0 Å². The van der Waals surface area contributed by atoms with Crippen LogP contribution in [0.5, 0.6) is 0 Å². The second-order valence-corrected chi connectivity index (χ2v) is 5.36. The summed E-state index contributed by atoms with van der Waals surface area (Å²) >= 11 is 1.51. The van der Waals surface area contributed by atoms with E-state index in [9.17, 15) is 4.79 Å². The Bertz CT molecular complexity index is 312. The fraction of sp³-hybridized carbons (Fsp3) is 0.583. The van der Waals surface area contributed by atoms with Gasteiger partial charge in [0.25, 0.3) is 5.91 Å². The van der Waals surface area contributed by atoms with Crippen LogP contribution < -0.4 is 5.32 Å². The molecule has 1 fully saturated rings. The lowest BCUT2D eigenvalue weighted by atomic mass is 9.87. The molecule has 0 spiro atoms. The van der Waals surface area contributed by atoms with E-state index in [0.29, 0.717) is 6.04 Å². The largest absolute Gasteiger partial charge is 0.349 e. The molecule has 1 saturated carbocycles. The van der Waals surface area contributed by atoms with Gasteiger partial charge in [0.2, 0.25) is 0 Å². The van der Waals surface area contributed by atoms with Crippen molar-refractivity contribution in [2.75, 3.05) is 0 Å². The molecule has 3 heteroatoms. The van der Waals surface area contributed by atoms with Crippen molar-refractivity contribution < 1.29 is 4.79 Å². The number of nitrogens with one attached hydrogen (secondary N) is 1. The smallest absolute Gasteiger partial charge is 0.261 e. The molecular weight excluding hydrogens is 206 g/mol. The zero-order valence-electron chi connectivity index (χ0n) is 9.03. The first kappa shape index (κ1) is 10.7. The Kier molecular flexibility index (Phi) is 3.41. The van der Waals surface area contributed by atoms with Crippen LogP contribution in [0.25, 0.3) is 0 Å². The molecule has 0 saturated heterocycles. The first-order chi connectivity index (χ1) is 7.25. The van der Waals surface area contributed by atoms with Gasteiger partial charge in [-0.15, -0.1) is 11.3 Å². The van der Waals surface area contributed by atoms with Crippen molar-refractivity contribution in [1.29, 1.82) is 0 Å². The van der Waals surface area contributed by atoms with Crippen molar-refractivity contribution in [2.24, 2.45) is 5.92 Å². The first-order valence-electron chi connectivity index (χ1n) is 5.60. The van der Waals surface area contributed by atoms with E-state index in [1.165, 1.54) is 24.2 Å². The molecule has 1 amide bonds. The minimum Gasteiger partial charge on any atom is -0.349 e. The number of hydrogen-bond donors (Lipinski definition) is 1. The van der Waals surface area contributed by atoms with Crippen LogP contribution in [0.1, 0.15) is 42.3 Å². The lowest BCUT2D eigenvalue weighted by molar-refractivity contribution is 0.0927. The molecular formula is C12H17NOS. The summed E-state index contributed by atoms with van der Waals surface area (Å²) < 4.78 is 0. The van der Waals surface area contributed by atoms with Gasteiger partial charge in [0.15, 0.2) is 0 Å². The summed E-state index contributed by atoms with van der Waals surface area (Å²) in [4.78, 5) is 12.6. The summed E-state index contributed by atoms with van der Waals surface area (Å²) in [7, 11) is 0. The summed E-state index contributed by atoms with van der Waals surface area (Å²) in [5.41, 5.74) is 0. The number of thiophene rings is 1. The maximum Gasteiger partial charge on any atom is 0.261 e. The molecule has 1 aromatic heterocycles. The Morgan fingerprint density at radius 3 is 2.73 bits per heavy atom. The molecule has 15 heavy (non-hydrogen) atoms. The highest BCUT2D eigenvalue weighted by molar-refractivity contribution is 7.12. The maximum absolute atomic E-state index is 11.8. The highest BCUT2D eigenvalue weighted by Gasteiger charge is 2.20. The van der Waals surface area contributed by atoms with Crippen LogP contribution in [0.4, 0.5) is 0 Å². The Balaban J connectivity index is 1.85. The van der Waals surface area contributed by atoms with Gasteiger partial charge in [-0.1, -0.05) is 13.0 Å². The van der Waals surface area contributed by atoms with Crippen LogP contribution in [0.15, 0.2) is 17.5 Å². The van der Waals surface area contributed by atoms with Gasteiger partial charge in [-0.3, -0.25) is 4.79 Å². The molecule has 2 nitrogen and oxygen atoms in total. The van der Waals surface area contributed by atoms with Gasteiger partial charge < -0.3 is 5.32 Å². The Labute approximate surface area is 94.7 Å². The summed E-state index contributed by atoms with van der Waals surface area (Å²) in [5.74, 6) is 0.935. The molecule has 0 unspecified atom stereocenters. The average molecular weight is 223 g/mol. The van der Waals surface area contributed by atoms with Crippen LogP contribution in [-0.2, 0) is 0 Å². The molecule has 0 atom stereocenters. The highest BCUT2D eigenvalue weighted by atomic mass is 32.1. The second kappa shape index (κ2) is 4.79. The number of hydrogen-bond acceptors (Lipinski definition) is 2. The van der Waals surface area contributed by atoms with Crippen molar-refractivity contribution in [3.05, 3.63) is 22.4 Å². The van der Waals surface area contributed by atoms with E-state index in [0.717, 1.165) is 23.6 Å². The monoisotopic (exact) mass is 223 g/mol. The van der Waals surface area contributed by atoms with Crippen molar-refractivity contribution in [3.8, 4) is 0 Å². The van der Waals surface area contributed by atoms with E-state index in [1.807, 2.05) is 17.5 Å². The normalized spacial score (nSPS) is 26.2. The zero-order chi connectivity index (χ0) is 10.7. The van der Waals surface area contributed by atoms with Crippen molar-refractivity contribution in [2.45, 2.75) is 38.6 Å². The highest BCUT2D eigenvalue weighted by Crippen LogP contribution is 2.23. The van der Waals surface area contributed by atoms with E-state index in [4.69, 9.17) is 0 Å². The standard InChI is InChI=1S/C12H17NOS/c1-9-4-6-10(7-5-9)13-12(14)11-3-2-8-15-11/h2-3,8-10H,4-7H2,1H3,(H,13,14). The lowest BCUT2D eigenvalue weighted by Crippen LogP contribution is -2.36. The van der Waals surface area contributed by atoms with Crippen molar-refractivity contribution in [3.63, 3.8) is 0 Å². The van der Waals surface area contributed by atoms with Crippen LogP contribution in [0.2, 0.25) is 0 Å². The molecule has 0 aliphatic heterocycles. The minimum atomic E-state index is 0.101. The van der Waals surface area contributed by atoms with E-state index in [-0.39, 0.29) is 5.91 Å². The van der Waals surface area contributed by atoms with Crippen LogP contribution in [0, 0.1) is 5.92 Å². The third-order valence-electron chi connectivity index (χ3n) is 3.10. The molecule has 1 N–H and O–H groups in total. The zero-order valence-corrected chi connectivity index (χ0v) is 9.85. The SMILES string of the molecule is CC1CCC(NC(=O)c2cccs2)CC1. The van der Waals surface area contributed by atoms with Gasteiger partial charge in [0.1, 0.15) is 0 Å². The molecule has 0 radical (unpaired) electrons. The number of carbonyl (C=O) groups excluding carboxylic acids is 1. The summed E-state index contributed by atoms with van der Waals surface area (Å²) in [6.07, 6.45) is 4.77. The predicted octanol–water partition coefficient (Wildman–Crippen LogP) is 3.06. The molecule has 2 rings (SSSR count). The second-order valence-electron chi connectivity index (χ2n) is 4.41. The van der Waals surface area contributed by atoms with Gasteiger partial charge in [-0.05, 0) is 43.0 Å². The first-order valence-corrected chi connectivity index (χ1v) is 6.48. The van der Waals surface area contributed by atoms with E-state index < -0.39 is 0 Å². The number of rotatable bonds is 2. The Morgan fingerprint density at radius 2 is 2.13 bits per heavy atom.